The molecule has 2 unspecified atom stereocenters. The molecule has 0 radical (unpaired) electrons. The Morgan fingerprint density at radius 1 is 1.37 bits per heavy atom. The molecule has 3 N–H and O–H groups in total. The fraction of sp³-hybridized carbons (Fsp3) is 0.500. The van der Waals surface area contributed by atoms with Gasteiger partial charge in [-0.2, -0.15) is 0 Å². The molecule has 0 aromatic heterocycles. The van der Waals surface area contributed by atoms with E-state index in [1.54, 1.807) is 31.4 Å². The lowest BCUT2D eigenvalue weighted by Crippen LogP contribution is -2.61. The van der Waals surface area contributed by atoms with Crippen molar-refractivity contribution in [1.29, 1.82) is 0 Å². The number of nitrogen functional groups attached to an aromatic ring is 1. The summed E-state index contributed by atoms with van der Waals surface area (Å²) < 4.78 is 5.37. The number of carbonyl (C=O) groups is 1. The monoisotopic (exact) mass is 284 g/mol. The molecule has 2 rings (SSSR count). The molecule has 2 atom stereocenters. The molecule has 4 nitrogen and oxygen atoms in total. The Morgan fingerprint density at radius 2 is 1.95 bits per heavy atom. The van der Waals surface area contributed by atoms with Gasteiger partial charge < -0.3 is 15.8 Å². The van der Waals surface area contributed by atoms with Crippen LogP contribution in [0.3, 0.4) is 0 Å². The van der Waals surface area contributed by atoms with Crippen LogP contribution in [-0.4, -0.2) is 25.2 Å². The van der Waals surface area contributed by atoms with E-state index >= 15 is 0 Å². The minimum absolute atomic E-state index is 0. The first-order valence-electron chi connectivity index (χ1n) is 6.14. The zero-order valence-corrected chi connectivity index (χ0v) is 12.3. The number of carbonyl (C=O) groups excluding carboxylic acids is 1. The van der Waals surface area contributed by atoms with Gasteiger partial charge in [-0.1, -0.05) is 13.8 Å². The van der Waals surface area contributed by atoms with Crippen molar-refractivity contribution in [2.75, 3.05) is 12.8 Å². The van der Waals surface area contributed by atoms with E-state index in [1.807, 2.05) is 0 Å². The van der Waals surface area contributed by atoms with E-state index in [9.17, 15) is 4.79 Å². The summed E-state index contributed by atoms with van der Waals surface area (Å²) in [6.45, 7) is 4.22. The lowest BCUT2D eigenvalue weighted by atomic mass is 9.64. The average Bonchev–Trinajstić information content (AvgIpc) is 2.34. The highest BCUT2D eigenvalue weighted by Gasteiger charge is 2.49. The normalized spacial score (nSPS) is 23.9. The highest BCUT2D eigenvalue weighted by atomic mass is 35.5. The van der Waals surface area contributed by atoms with E-state index in [1.165, 1.54) is 0 Å². The van der Waals surface area contributed by atoms with Crippen molar-refractivity contribution in [3.8, 4) is 0 Å². The highest BCUT2D eigenvalue weighted by molar-refractivity contribution is 5.94. The molecule has 1 aliphatic rings. The maximum atomic E-state index is 12.0. The van der Waals surface area contributed by atoms with Crippen molar-refractivity contribution in [1.82, 2.24) is 5.32 Å². The molecule has 0 heterocycles. The average molecular weight is 285 g/mol. The molecule has 1 saturated carbocycles. The van der Waals surface area contributed by atoms with Gasteiger partial charge in [-0.25, -0.2) is 0 Å². The quantitative estimate of drug-likeness (QED) is 0.837. The van der Waals surface area contributed by atoms with Gasteiger partial charge in [0.25, 0.3) is 5.91 Å². The number of ether oxygens (including phenoxy) is 1. The Balaban J connectivity index is 0.00000180. The molecule has 19 heavy (non-hydrogen) atoms. The third-order valence-electron chi connectivity index (χ3n) is 3.94. The summed E-state index contributed by atoms with van der Waals surface area (Å²) in [4.78, 5) is 12.0. The Bertz CT molecular complexity index is 445. The molecule has 0 saturated heterocycles. The Morgan fingerprint density at radius 3 is 2.42 bits per heavy atom. The van der Waals surface area contributed by atoms with E-state index in [0.717, 1.165) is 6.42 Å². The van der Waals surface area contributed by atoms with Crippen LogP contribution in [0.1, 0.15) is 30.6 Å². The third kappa shape index (κ3) is 3.01. The summed E-state index contributed by atoms with van der Waals surface area (Å²) in [7, 11) is 1.71. The number of nitrogens with two attached hydrogens (primary N) is 1. The molecule has 1 amide bonds. The lowest BCUT2D eigenvalue weighted by Gasteiger charge is -2.51. The zero-order valence-electron chi connectivity index (χ0n) is 11.5. The van der Waals surface area contributed by atoms with Gasteiger partial charge in [-0.3, -0.25) is 4.79 Å². The SMILES string of the molecule is COC1CC(NC(=O)c2ccc(N)cc2)C1(C)C.Cl. The largest absolute Gasteiger partial charge is 0.399 e. The predicted octanol–water partition coefficient (Wildman–Crippen LogP) is 2.23. The van der Waals surface area contributed by atoms with Crippen LogP contribution in [0.5, 0.6) is 0 Å². The summed E-state index contributed by atoms with van der Waals surface area (Å²) >= 11 is 0. The first-order chi connectivity index (χ1) is 8.45. The number of halogens is 1. The third-order valence-corrected chi connectivity index (χ3v) is 3.94. The number of amides is 1. The van der Waals surface area contributed by atoms with Crippen LogP contribution in [0.4, 0.5) is 5.69 Å². The van der Waals surface area contributed by atoms with E-state index in [0.29, 0.717) is 11.3 Å². The van der Waals surface area contributed by atoms with E-state index in [4.69, 9.17) is 10.5 Å². The molecule has 0 spiro atoms. The van der Waals surface area contributed by atoms with Crippen LogP contribution in [-0.2, 0) is 4.74 Å². The Labute approximate surface area is 120 Å². The Kier molecular flexibility index (Phi) is 4.82. The topological polar surface area (TPSA) is 64.3 Å². The van der Waals surface area contributed by atoms with Gasteiger partial charge in [0.15, 0.2) is 0 Å². The van der Waals surface area contributed by atoms with Gasteiger partial charge in [0, 0.05) is 29.8 Å². The van der Waals surface area contributed by atoms with Gasteiger partial charge in [-0.15, -0.1) is 12.4 Å². The second-order valence-corrected chi connectivity index (χ2v) is 5.43. The number of methoxy groups -OCH3 is 1. The second kappa shape index (κ2) is 5.80. The molecule has 0 bridgehead atoms. The number of hydrogen-bond donors (Lipinski definition) is 2. The summed E-state index contributed by atoms with van der Waals surface area (Å²) in [5.41, 5.74) is 6.88. The lowest BCUT2D eigenvalue weighted by molar-refractivity contribution is -0.0942. The van der Waals surface area contributed by atoms with Crippen molar-refractivity contribution in [2.45, 2.75) is 32.4 Å². The van der Waals surface area contributed by atoms with E-state index < -0.39 is 0 Å². The molecule has 1 aromatic rings. The molecular formula is C14H21ClN2O2. The van der Waals surface area contributed by atoms with E-state index in [2.05, 4.69) is 19.2 Å². The molecule has 1 aromatic carbocycles. The minimum Gasteiger partial charge on any atom is -0.399 e. The Hall–Kier alpha value is -1.26. The fourth-order valence-corrected chi connectivity index (χ4v) is 2.41. The van der Waals surface area contributed by atoms with Crippen LogP contribution < -0.4 is 11.1 Å². The molecule has 0 aliphatic heterocycles. The number of nitrogens with one attached hydrogen (secondary N) is 1. The van der Waals surface area contributed by atoms with Crippen molar-refractivity contribution in [3.05, 3.63) is 29.8 Å². The minimum atomic E-state index is -0.0531. The number of rotatable bonds is 3. The highest BCUT2D eigenvalue weighted by Crippen LogP contribution is 2.42. The molecule has 1 fully saturated rings. The standard InChI is InChI=1S/C14H20N2O2.ClH/c1-14(2)11(8-12(14)18-3)16-13(17)9-4-6-10(15)7-5-9;/h4-7,11-12H,8,15H2,1-3H3,(H,16,17);1H. The van der Waals surface area contributed by atoms with Gasteiger partial charge >= 0.3 is 0 Å². The van der Waals surface area contributed by atoms with Gasteiger partial charge in [0.2, 0.25) is 0 Å². The summed E-state index contributed by atoms with van der Waals surface area (Å²) in [6, 6.07) is 7.11. The van der Waals surface area contributed by atoms with Gasteiger partial charge in [0.05, 0.1) is 6.10 Å². The second-order valence-electron chi connectivity index (χ2n) is 5.43. The number of anilines is 1. The van der Waals surface area contributed by atoms with Crippen LogP contribution in [0.25, 0.3) is 0 Å². The van der Waals surface area contributed by atoms with Crippen LogP contribution in [0.2, 0.25) is 0 Å². The van der Waals surface area contributed by atoms with E-state index in [-0.39, 0.29) is 35.9 Å². The number of benzene rings is 1. The van der Waals surface area contributed by atoms with Crippen LogP contribution in [0.15, 0.2) is 24.3 Å². The molecular weight excluding hydrogens is 264 g/mol. The summed E-state index contributed by atoms with van der Waals surface area (Å²) in [6.07, 6.45) is 1.08. The van der Waals surface area contributed by atoms with Crippen LogP contribution in [0, 0.1) is 5.41 Å². The maximum absolute atomic E-state index is 12.0. The number of hydrogen-bond acceptors (Lipinski definition) is 3. The summed E-state index contributed by atoms with van der Waals surface area (Å²) in [5.74, 6) is -0.0531. The zero-order chi connectivity index (χ0) is 13.3. The first-order valence-corrected chi connectivity index (χ1v) is 6.14. The van der Waals surface area contributed by atoms with Gasteiger partial charge in [-0.05, 0) is 30.7 Å². The first kappa shape index (κ1) is 15.8. The molecule has 106 valence electrons. The van der Waals surface area contributed by atoms with Gasteiger partial charge in [0.1, 0.15) is 0 Å². The summed E-state index contributed by atoms with van der Waals surface area (Å²) in [5, 5.41) is 3.05. The van der Waals surface area contributed by atoms with Crippen molar-refractivity contribution in [2.24, 2.45) is 5.41 Å². The molecule has 1 aliphatic carbocycles. The van der Waals surface area contributed by atoms with Crippen molar-refractivity contribution >= 4 is 24.0 Å². The molecule has 5 heteroatoms. The fourth-order valence-electron chi connectivity index (χ4n) is 2.41. The van der Waals surface area contributed by atoms with Crippen molar-refractivity contribution < 1.29 is 9.53 Å². The van der Waals surface area contributed by atoms with Crippen LogP contribution >= 0.6 is 12.4 Å². The van der Waals surface area contributed by atoms with Crippen molar-refractivity contribution in [3.63, 3.8) is 0 Å². The predicted molar refractivity (Wildman–Crippen MR) is 78.6 cm³/mol. The smallest absolute Gasteiger partial charge is 0.251 e. The maximum Gasteiger partial charge on any atom is 0.251 e.